The molecule has 0 aliphatic carbocycles. The molecule has 0 saturated carbocycles. The van der Waals surface area contributed by atoms with Crippen LogP contribution in [0.2, 0.25) is 0 Å². The van der Waals surface area contributed by atoms with Crippen molar-refractivity contribution in [2.24, 2.45) is 0 Å². The van der Waals surface area contributed by atoms with E-state index in [-0.39, 0.29) is 6.61 Å². The van der Waals surface area contributed by atoms with Crippen LogP contribution in [0.1, 0.15) is 18.6 Å². The van der Waals surface area contributed by atoms with Crippen LogP contribution in [0.4, 0.5) is 0 Å². The van der Waals surface area contributed by atoms with Crippen molar-refractivity contribution in [1.82, 2.24) is 9.78 Å². The molecular formula is C7H12N2O2. The molecule has 4 nitrogen and oxygen atoms in total. The maximum atomic E-state index is 9.13. The van der Waals surface area contributed by atoms with Gasteiger partial charge in [0, 0.05) is 18.3 Å². The van der Waals surface area contributed by atoms with Crippen LogP contribution in [0.25, 0.3) is 0 Å². The van der Waals surface area contributed by atoms with Crippen molar-refractivity contribution >= 4 is 0 Å². The second-order valence-corrected chi connectivity index (χ2v) is 2.33. The van der Waals surface area contributed by atoms with Gasteiger partial charge >= 0.3 is 0 Å². The van der Waals surface area contributed by atoms with Gasteiger partial charge in [0.1, 0.15) is 6.10 Å². The Balaban J connectivity index is 2.71. The maximum Gasteiger partial charge on any atom is 0.105 e. The Morgan fingerprint density at radius 1 is 1.73 bits per heavy atom. The zero-order valence-electron chi connectivity index (χ0n) is 6.44. The third kappa shape index (κ3) is 1.78. The van der Waals surface area contributed by atoms with Gasteiger partial charge in [-0.15, -0.1) is 0 Å². The third-order valence-electron chi connectivity index (χ3n) is 1.53. The topological polar surface area (TPSA) is 58.3 Å². The summed E-state index contributed by atoms with van der Waals surface area (Å²) in [5.74, 6) is 0. The summed E-state index contributed by atoms with van der Waals surface area (Å²) in [6.45, 7) is 2.48. The highest BCUT2D eigenvalue weighted by Crippen LogP contribution is 2.09. The van der Waals surface area contributed by atoms with Gasteiger partial charge in [-0.2, -0.15) is 5.10 Å². The molecule has 1 aromatic heterocycles. The minimum atomic E-state index is -0.796. The van der Waals surface area contributed by atoms with Gasteiger partial charge in [-0.05, 0) is 6.92 Å². The quantitative estimate of drug-likeness (QED) is 0.644. The Morgan fingerprint density at radius 2 is 2.45 bits per heavy atom. The van der Waals surface area contributed by atoms with Gasteiger partial charge in [-0.1, -0.05) is 0 Å². The second-order valence-electron chi connectivity index (χ2n) is 2.33. The van der Waals surface area contributed by atoms with Crippen LogP contribution < -0.4 is 0 Å². The number of aryl methyl sites for hydroxylation is 1. The molecule has 0 bridgehead atoms. The highest BCUT2D eigenvalue weighted by Gasteiger charge is 2.06. The minimum Gasteiger partial charge on any atom is -0.393 e. The summed E-state index contributed by atoms with van der Waals surface area (Å²) in [5, 5.41) is 21.7. The summed E-state index contributed by atoms with van der Waals surface area (Å²) in [5.41, 5.74) is 0.661. The molecule has 0 aliphatic rings. The lowest BCUT2D eigenvalue weighted by molar-refractivity contribution is 0.0955. The van der Waals surface area contributed by atoms with Gasteiger partial charge in [0.2, 0.25) is 0 Å². The van der Waals surface area contributed by atoms with Crippen LogP contribution in [0.15, 0.2) is 12.4 Å². The fourth-order valence-electron chi connectivity index (χ4n) is 0.830. The number of aromatic nitrogens is 2. The second kappa shape index (κ2) is 3.50. The Hall–Kier alpha value is -0.870. The van der Waals surface area contributed by atoms with E-state index in [0.717, 1.165) is 6.54 Å². The number of rotatable bonds is 3. The zero-order chi connectivity index (χ0) is 8.27. The normalized spacial score (nSPS) is 13.4. The Kier molecular flexibility index (Phi) is 2.62. The first-order valence-corrected chi connectivity index (χ1v) is 3.59. The molecule has 1 unspecified atom stereocenters. The summed E-state index contributed by atoms with van der Waals surface area (Å²) in [4.78, 5) is 0. The Labute approximate surface area is 65.1 Å². The highest BCUT2D eigenvalue weighted by atomic mass is 16.3. The molecule has 0 saturated heterocycles. The SMILES string of the molecule is CCn1cc(C(O)CO)cn1. The number of nitrogens with zero attached hydrogens (tertiary/aromatic N) is 2. The minimum absolute atomic E-state index is 0.255. The third-order valence-corrected chi connectivity index (χ3v) is 1.53. The van der Waals surface area contributed by atoms with Crippen molar-refractivity contribution in [3.63, 3.8) is 0 Å². The summed E-state index contributed by atoms with van der Waals surface area (Å²) >= 11 is 0. The molecular weight excluding hydrogens is 144 g/mol. The lowest BCUT2D eigenvalue weighted by Crippen LogP contribution is -2.00. The van der Waals surface area contributed by atoms with E-state index in [2.05, 4.69) is 5.10 Å². The molecule has 0 aliphatic heterocycles. The average Bonchev–Trinajstić information content (AvgIpc) is 2.50. The molecule has 2 N–H and O–H groups in total. The van der Waals surface area contributed by atoms with Gasteiger partial charge in [0.25, 0.3) is 0 Å². The van der Waals surface area contributed by atoms with Crippen LogP contribution in [0, 0.1) is 0 Å². The Bertz CT molecular complexity index is 222. The van der Waals surface area contributed by atoms with Gasteiger partial charge in [-0.3, -0.25) is 4.68 Å². The van der Waals surface area contributed by atoms with Gasteiger partial charge in [0.15, 0.2) is 0 Å². The number of hydrogen-bond donors (Lipinski definition) is 2. The highest BCUT2D eigenvalue weighted by molar-refractivity contribution is 5.07. The first-order valence-electron chi connectivity index (χ1n) is 3.59. The van der Waals surface area contributed by atoms with Gasteiger partial charge in [0.05, 0.1) is 12.8 Å². The van der Waals surface area contributed by atoms with Crippen molar-refractivity contribution in [2.45, 2.75) is 19.6 Å². The molecule has 62 valence electrons. The maximum absolute atomic E-state index is 9.13. The van der Waals surface area contributed by atoms with E-state index in [9.17, 15) is 0 Å². The summed E-state index contributed by atoms with van der Waals surface area (Å²) < 4.78 is 1.70. The fourth-order valence-corrected chi connectivity index (χ4v) is 0.830. The van der Waals surface area contributed by atoms with Crippen molar-refractivity contribution in [2.75, 3.05) is 6.61 Å². The monoisotopic (exact) mass is 156 g/mol. The van der Waals surface area contributed by atoms with Crippen molar-refractivity contribution < 1.29 is 10.2 Å². The molecule has 0 fully saturated rings. The lowest BCUT2D eigenvalue weighted by atomic mass is 10.2. The smallest absolute Gasteiger partial charge is 0.105 e. The molecule has 1 heterocycles. The van der Waals surface area contributed by atoms with E-state index >= 15 is 0 Å². The van der Waals surface area contributed by atoms with Crippen LogP contribution in [0.5, 0.6) is 0 Å². The molecule has 1 atom stereocenters. The van der Waals surface area contributed by atoms with Gasteiger partial charge in [-0.25, -0.2) is 0 Å². The van der Waals surface area contributed by atoms with Crippen LogP contribution in [-0.4, -0.2) is 26.6 Å². The first kappa shape index (κ1) is 8.23. The predicted molar refractivity (Wildman–Crippen MR) is 39.9 cm³/mol. The van der Waals surface area contributed by atoms with Crippen molar-refractivity contribution in [3.8, 4) is 0 Å². The van der Waals surface area contributed by atoms with Crippen molar-refractivity contribution in [1.29, 1.82) is 0 Å². The molecule has 0 amide bonds. The number of aliphatic hydroxyl groups excluding tert-OH is 2. The fraction of sp³-hybridized carbons (Fsp3) is 0.571. The summed E-state index contributed by atoms with van der Waals surface area (Å²) in [6, 6.07) is 0. The molecule has 0 aromatic carbocycles. The Morgan fingerprint density at radius 3 is 2.91 bits per heavy atom. The molecule has 1 aromatic rings. The van der Waals surface area contributed by atoms with Gasteiger partial charge < -0.3 is 10.2 Å². The van der Waals surface area contributed by atoms with E-state index < -0.39 is 6.10 Å². The zero-order valence-corrected chi connectivity index (χ0v) is 6.44. The van der Waals surface area contributed by atoms with Crippen LogP contribution in [-0.2, 0) is 6.54 Å². The standard InChI is InChI=1S/C7H12N2O2/c1-2-9-4-6(3-8-9)7(11)5-10/h3-4,7,10-11H,2,5H2,1H3. The first-order chi connectivity index (χ1) is 5.27. The number of hydrogen-bond acceptors (Lipinski definition) is 3. The molecule has 0 spiro atoms. The van der Waals surface area contributed by atoms with Crippen molar-refractivity contribution in [3.05, 3.63) is 18.0 Å². The van der Waals surface area contributed by atoms with E-state index in [1.165, 1.54) is 0 Å². The molecule has 0 radical (unpaired) electrons. The van der Waals surface area contributed by atoms with Crippen LogP contribution >= 0.6 is 0 Å². The lowest BCUT2D eigenvalue weighted by Gasteiger charge is -2.01. The summed E-state index contributed by atoms with van der Waals surface area (Å²) in [7, 11) is 0. The van der Waals surface area contributed by atoms with Crippen LogP contribution in [0.3, 0.4) is 0 Å². The molecule has 1 rings (SSSR count). The van der Waals surface area contributed by atoms with E-state index in [1.807, 2.05) is 6.92 Å². The van der Waals surface area contributed by atoms with E-state index in [1.54, 1.807) is 17.1 Å². The van der Waals surface area contributed by atoms with E-state index in [0.29, 0.717) is 5.56 Å². The largest absolute Gasteiger partial charge is 0.393 e. The molecule has 4 heteroatoms. The summed E-state index contributed by atoms with van der Waals surface area (Å²) in [6.07, 6.45) is 2.49. The number of aliphatic hydroxyl groups is 2. The average molecular weight is 156 g/mol. The molecule has 11 heavy (non-hydrogen) atoms. The van der Waals surface area contributed by atoms with E-state index in [4.69, 9.17) is 10.2 Å². The predicted octanol–water partition coefficient (Wildman–Crippen LogP) is -0.0713.